The van der Waals surface area contributed by atoms with Gasteiger partial charge in [-0.2, -0.15) is 0 Å². The summed E-state index contributed by atoms with van der Waals surface area (Å²) < 4.78 is 0. The van der Waals surface area contributed by atoms with Gasteiger partial charge in [-0.1, -0.05) is 18.2 Å². The summed E-state index contributed by atoms with van der Waals surface area (Å²) in [5.74, 6) is -2.23. The van der Waals surface area contributed by atoms with E-state index in [0.717, 1.165) is 23.3 Å². The number of nitrogens with one attached hydrogen (secondary N) is 2. The molecule has 6 nitrogen and oxygen atoms in total. The Balaban J connectivity index is 2.18. The van der Waals surface area contributed by atoms with Crippen molar-refractivity contribution in [3.63, 3.8) is 0 Å². The number of hydrogen-bond donors (Lipinski definition) is 3. The van der Waals surface area contributed by atoms with Gasteiger partial charge >= 0.3 is 5.97 Å². The fraction of sp³-hybridized carbons (Fsp3) is 0.105. The molecule has 0 heterocycles. The molecule has 0 saturated carbocycles. The minimum atomic E-state index is -1.23. The van der Waals surface area contributed by atoms with E-state index in [2.05, 4.69) is 10.6 Å². The van der Waals surface area contributed by atoms with Crippen molar-refractivity contribution in [1.82, 2.24) is 0 Å². The molecular formula is C19H18N2O4. The number of carbonyl (C=O) groups excluding carboxylic acids is 2. The highest BCUT2D eigenvalue weighted by molar-refractivity contribution is 6.11. The number of hydrogen-bond acceptors (Lipinski definition) is 3. The molecule has 128 valence electrons. The van der Waals surface area contributed by atoms with Gasteiger partial charge in [-0.3, -0.25) is 9.59 Å². The summed E-state index contributed by atoms with van der Waals surface area (Å²) >= 11 is 0. The average molecular weight is 338 g/mol. The van der Waals surface area contributed by atoms with Crippen LogP contribution in [-0.4, -0.2) is 22.9 Å². The van der Waals surface area contributed by atoms with Gasteiger partial charge in [-0.15, -0.1) is 0 Å². The van der Waals surface area contributed by atoms with Crippen LogP contribution >= 0.6 is 0 Å². The van der Waals surface area contributed by atoms with Gasteiger partial charge in [0.15, 0.2) is 0 Å². The summed E-state index contributed by atoms with van der Waals surface area (Å²) in [6, 6.07) is 12.1. The van der Waals surface area contributed by atoms with Crippen LogP contribution < -0.4 is 10.6 Å². The predicted molar refractivity (Wildman–Crippen MR) is 95.7 cm³/mol. The van der Waals surface area contributed by atoms with E-state index in [4.69, 9.17) is 5.11 Å². The highest BCUT2D eigenvalue weighted by Gasteiger charge is 2.13. The molecule has 6 heteroatoms. The number of benzene rings is 2. The number of carbonyl (C=O) groups is 3. The van der Waals surface area contributed by atoms with Gasteiger partial charge in [0.1, 0.15) is 0 Å². The van der Waals surface area contributed by atoms with Crippen LogP contribution in [-0.2, 0) is 9.59 Å². The Bertz CT molecular complexity index is 856. The summed E-state index contributed by atoms with van der Waals surface area (Å²) in [5.41, 5.74) is 3.40. The second kappa shape index (κ2) is 7.92. The molecule has 2 rings (SSSR count). The number of aliphatic carboxylic acids is 1. The third-order valence-corrected chi connectivity index (χ3v) is 3.57. The largest absolute Gasteiger partial charge is 0.478 e. The highest BCUT2D eigenvalue weighted by Crippen LogP contribution is 2.19. The smallest absolute Gasteiger partial charge is 0.328 e. The number of carboxylic acid groups (broad SMARTS) is 1. The van der Waals surface area contributed by atoms with E-state index in [1.807, 2.05) is 26.0 Å². The van der Waals surface area contributed by atoms with Gasteiger partial charge in [-0.05, 0) is 49.2 Å². The van der Waals surface area contributed by atoms with Crippen molar-refractivity contribution < 1.29 is 19.5 Å². The van der Waals surface area contributed by atoms with Crippen LogP contribution in [0.1, 0.15) is 21.5 Å². The molecule has 0 fully saturated rings. The Morgan fingerprint density at radius 2 is 1.64 bits per heavy atom. The zero-order chi connectivity index (χ0) is 18.4. The van der Waals surface area contributed by atoms with E-state index in [1.165, 1.54) is 0 Å². The highest BCUT2D eigenvalue weighted by atomic mass is 16.4. The molecule has 0 aliphatic heterocycles. The van der Waals surface area contributed by atoms with Crippen LogP contribution in [0.3, 0.4) is 0 Å². The van der Waals surface area contributed by atoms with E-state index in [9.17, 15) is 14.4 Å². The average Bonchev–Trinajstić information content (AvgIpc) is 2.57. The van der Waals surface area contributed by atoms with Crippen LogP contribution in [0.4, 0.5) is 11.4 Å². The topological polar surface area (TPSA) is 95.5 Å². The Labute approximate surface area is 145 Å². The standard InChI is InChI=1S/C19H18N2O4/c1-12-7-8-14(11-13(12)2)20-19(25)15-5-3-4-6-16(15)21-17(22)9-10-18(23)24/h3-11H,1-2H3,(H,20,25)(H,21,22)(H,23,24)/b10-9+. The van der Waals surface area contributed by atoms with Crippen molar-refractivity contribution in [2.24, 2.45) is 0 Å². The fourth-order valence-electron chi connectivity index (χ4n) is 2.13. The van der Waals surface area contributed by atoms with Gasteiger partial charge in [-0.25, -0.2) is 4.79 Å². The summed E-state index contributed by atoms with van der Waals surface area (Å²) in [5, 5.41) is 13.8. The third kappa shape index (κ3) is 5.04. The van der Waals surface area contributed by atoms with Crippen molar-refractivity contribution in [2.75, 3.05) is 10.6 Å². The van der Waals surface area contributed by atoms with Gasteiger partial charge in [0.2, 0.25) is 5.91 Å². The second-order valence-corrected chi connectivity index (χ2v) is 5.46. The lowest BCUT2D eigenvalue weighted by molar-refractivity contribution is -0.131. The van der Waals surface area contributed by atoms with E-state index in [-0.39, 0.29) is 11.5 Å². The fourth-order valence-corrected chi connectivity index (χ4v) is 2.13. The number of para-hydroxylation sites is 1. The monoisotopic (exact) mass is 338 g/mol. The number of anilines is 2. The lowest BCUT2D eigenvalue weighted by atomic mass is 10.1. The van der Waals surface area contributed by atoms with Crippen molar-refractivity contribution in [1.29, 1.82) is 0 Å². The van der Waals surface area contributed by atoms with Crippen LogP contribution in [0.5, 0.6) is 0 Å². The van der Waals surface area contributed by atoms with E-state index in [0.29, 0.717) is 11.4 Å². The summed E-state index contributed by atoms with van der Waals surface area (Å²) in [6.07, 6.45) is 1.62. The SMILES string of the molecule is Cc1ccc(NC(=O)c2ccccc2NC(=O)/C=C/C(=O)O)cc1C. The first kappa shape index (κ1) is 17.9. The minimum absolute atomic E-state index is 0.276. The zero-order valence-electron chi connectivity index (χ0n) is 13.9. The number of amides is 2. The molecule has 0 radical (unpaired) electrons. The predicted octanol–water partition coefficient (Wildman–Crippen LogP) is 3.14. The van der Waals surface area contributed by atoms with Gasteiger partial charge in [0, 0.05) is 17.8 Å². The molecule has 3 N–H and O–H groups in total. The third-order valence-electron chi connectivity index (χ3n) is 3.57. The lowest BCUT2D eigenvalue weighted by Crippen LogP contribution is -2.17. The molecule has 2 amide bonds. The first-order valence-corrected chi connectivity index (χ1v) is 7.56. The summed E-state index contributed by atoms with van der Waals surface area (Å²) in [6.45, 7) is 3.93. The van der Waals surface area contributed by atoms with Crippen LogP contribution in [0, 0.1) is 13.8 Å². The minimum Gasteiger partial charge on any atom is -0.478 e. The van der Waals surface area contributed by atoms with Crippen LogP contribution in [0.2, 0.25) is 0 Å². The molecule has 2 aromatic carbocycles. The van der Waals surface area contributed by atoms with Gasteiger partial charge in [0.05, 0.1) is 11.3 Å². The van der Waals surface area contributed by atoms with Gasteiger partial charge in [0.25, 0.3) is 5.91 Å². The maximum atomic E-state index is 12.5. The number of aryl methyl sites for hydroxylation is 2. The van der Waals surface area contributed by atoms with Crippen molar-refractivity contribution in [2.45, 2.75) is 13.8 Å². The molecule has 0 aliphatic rings. The van der Waals surface area contributed by atoms with E-state index >= 15 is 0 Å². The zero-order valence-corrected chi connectivity index (χ0v) is 13.9. The molecule has 0 aliphatic carbocycles. The molecule has 0 unspecified atom stereocenters. The summed E-state index contributed by atoms with van der Waals surface area (Å²) in [4.78, 5) is 34.7. The van der Waals surface area contributed by atoms with E-state index < -0.39 is 11.9 Å². The summed E-state index contributed by atoms with van der Waals surface area (Å²) in [7, 11) is 0. The Morgan fingerprint density at radius 3 is 2.32 bits per heavy atom. The second-order valence-electron chi connectivity index (χ2n) is 5.46. The van der Waals surface area contributed by atoms with Crippen molar-refractivity contribution in [3.05, 3.63) is 71.3 Å². The van der Waals surface area contributed by atoms with Crippen molar-refractivity contribution in [3.8, 4) is 0 Å². The first-order valence-electron chi connectivity index (χ1n) is 7.56. The molecule has 0 bridgehead atoms. The molecule has 2 aromatic rings. The molecule has 0 aromatic heterocycles. The Morgan fingerprint density at radius 1 is 0.920 bits per heavy atom. The normalized spacial score (nSPS) is 10.5. The molecule has 0 spiro atoms. The van der Waals surface area contributed by atoms with E-state index in [1.54, 1.807) is 30.3 Å². The molecule has 0 saturated heterocycles. The Hall–Kier alpha value is -3.41. The van der Waals surface area contributed by atoms with Gasteiger partial charge < -0.3 is 15.7 Å². The molecule has 0 atom stereocenters. The van der Waals surface area contributed by atoms with Crippen LogP contribution in [0.15, 0.2) is 54.6 Å². The molecular weight excluding hydrogens is 320 g/mol. The lowest BCUT2D eigenvalue weighted by Gasteiger charge is -2.11. The quantitative estimate of drug-likeness (QED) is 0.730. The molecule has 25 heavy (non-hydrogen) atoms. The Kier molecular flexibility index (Phi) is 5.68. The van der Waals surface area contributed by atoms with Crippen LogP contribution in [0.25, 0.3) is 0 Å². The maximum Gasteiger partial charge on any atom is 0.328 e. The maximum absolute atomic E-state index is 12.5. The number of carboxylic acids is 1. The number of rotatable bonds is 5. The first-order chi connectivity index (χ1) is 11.9. The van der Waals surface area contributed by atoms with Crippen molar-refractivity contribution >= 4 is 29.2 Å².